The molecule has 1 fully saturated rings. The van der Waals surface area contributed by atoms with Crippen LogP contribution in [0.25, 0.3) is 0 Å². The second-order valence-electron chi connectivity index (χ2n) is 6.68. The van der Waals surface area contributed by atoms with E-state index in [4.69, 9.17) is 10.6 Å². The molecule has 2 atom stereocenters. The van der Waals surface area contributed by atoms with E-state index in [9.17, 15) is 19.5 Å². The average molecular weight is 480 g/mol. The summed E-state index contributed by atoms with van der Waals surface area (Å²) < 4.78 is 0. The highest BCUT2D eigenvalue weighted by molar-refractivity contribution is 8.00. The molecule has 14 nitrogen and oxygen atoms in total. The van der Waals surface area contributed by atoms with Crippen molar-refractivity contribution in [2.45, 2.75) is 24.9 Å². The van der Waals surface area contributed by atoms with Gasteiger partial charge in [0.1, 0.15) is 29.9 Å². The van der Waals surface area contributed by atoms with Gasteiger partial charge in [-0.2, -0.15) is 4.80 Å². The maximum atomic E-state index is 12.8. The summed E-state index contributed by atoms with van der Waals surface area (Å²) in [4.78, 5) is 48.7. The van der Waals surface area contributed by atoms with E-state index < -0.39 is 29.2 Å². The van der Waals surface area contributed by atoms with Crippen molar-refractivity contribution in [2.75, 3.05) is 18.6 Å². The summed E-state index contributed by atoms with van der Waals surface area (Å²) in [6.07, 6.45) is 0. The Bertz CT molecular complexity index is 1160. The van der Waals surface area contributed by atoms with Crippen LogP contribution in [0.5, 0.6) is 0 Å². The molecule has 32 heavy (non-hydrogen) atoms. The number of nitrogens with two attached hydrogens (primary N) is 1. The van der Waals surface area contributed by atoms with E-state index in [0.717, 1.165) is 16.2 Å². The smallest absolute Gasteiger partial charge is 0.352 e. The van der Waals surface area contributed by atoms with Crippen molar-refractivity contribution >= 4 is 51.7 Å². The van der Waals surface area contributed by atoms with Gasteiger partial charge in [-0.05, 0) is 17.7 Å². The van der Waals surface area contributed by atoms with Crippen molar-refractivity contribution in [3.63, 3.8) is 0 Å². The third kappa shape index (κ3) is 3.89. The maximum absolute atomic E-state index is 12.8. The third-order valence-electron chi connectivity index (χ3n) is 4.58. The summed E-state index contributed by atoms with van der Waals surface area (Å²) in [7, 11) is 1.27. The van der Waals surface area contributed by atoms with Gasteiger partial charge in [-0.15, -0.1) is 33.3 Å². The molecular formula is C16H17N9O5S2. The number of carboxylic acid groups (broad SMARTS) is 1. The number of thioether (sulfide) groups is 1. The van der Waals surface area contributed by atoms with Gasteiger partial charge in [0.05, 0.1) is 6.54 Å². The predicted octanol–water partition coefficient (Wildman–Crippen LogP) is -1.19. The third-order valence-corrected chi connectivity index (χ3v) is 6.60. The number of tetrazole rings is 1. The number of aromatic nitrogens is 5. The van der Waals surface area contributed by atoms with E-state index in [0.29, 0.717) is 17.2 Å². The summed E-state index contributed by atoms with van der Waals surface area (Å²) in [5, 5.41) is 28.9. The number of hydrogen-bond donors (Lipinski definition) is 3. The lowest BCUT2D eigenvalue weighted by Crippen LogP contribution is -2.71. The van der Waals surface area contributed by atoms with Crippen LogP contribution in [-0.4, -0.2) is 83.0 Å². The lowest BCUT2D eigenvalue weighted by Gasteiger charge is -2.49. The number of anilines is 1. The number of nitrogens with zero attached hydrogens (tertiary/aromatic N) is 7. The molecule has 2 aliphatic heterocycles. The Morgan fingerprint density at radius 3 is 2.84 bits per heavy atom. The minimum Gasteiger partial charge on any atom is -0.477 e. The van der Waals surface area contributed by atoms with Crippen LogP contribution in [0.2, 0.25) is 0 Å². The average Bonchev–Trinajstić information content (AvgIpc) is 3.37. The van der Waals surface area contributed by atoms with E-state index in [1.54, 1.807) is 6.92 Å². The molecule has 4 heterocycles. The Kier molecular flexibility index (Phi) is 5.79. The fourth-order valence-corrected chi connectivity index (χ4v) is 5.15. The van der Waals surface area contributed by atoms with Crippen LogP contribution in [0.15, 0.2) is 21.8 Å². The Balaban J connectivity index is 1.53. The molecule has 0 radical (unpaired) electrons. The summed E-state index contributed by atoms with van der Waals surface area (Å²) in [6.45, 7) is 1.74. The fraction of sp³-hybridized carbons (Fsp3) is 0.375. The molecule has 0 bridgehead atoms. The normalized spacial score (nSPS) is 20.6. The van der Waals surface area contributed by atoms with Crippen molar-refractivity contribution in [1.82, 2.24) is 35.4 Å². The summed E-state index contributed by atoms with van der Waals surface area (Å²) in [6, 6.07) is -0.937. The number of fused-ring (bicyclic) bond motifs is 1. The van der Waals surface area contributed by atoms with E-state index in [1.807, 2.05) is 0 Å². The van der Waals surface area contributed by atoms with Crippen molar-refractivity contribution < 1.29 is 24.3 Å². The summed E-state index contributed by atoms with van der Waals surface area (Å²) >= 11 is 2.44. The highest BCUT2D eigenvalue weighted by Gasteiger charge is 2.54. The minimum atomic E-state index is -1.25. The number of aliphatic carboxylic acids is 1. The Labute approximate surface area is 188 Å². The standard InChI is InChI=1S/C16H17N9O5S2/c1-6-20-23-24(21-6)3-7-4-31-14-10(13(27)25(14)11(7)15(28)29)19-12(26)9(22-30-2)8-5-32-16(17)18-8/h5,10,14H,3-4H2,1-2H3,(H2,17,18)(H,19,26)(H,28,29)/b22-9-/t10-,14-/m0/s1. The van der Waals surface area contributed by atoms with Gasteiger partial charge in [-0.3, -0.25) is 14.5 Å². The molecule has 4 N–H and O–H groups in total. The highest BCUT2D eigenvalue weighted by atomic mass is 32.2. The van der Waals surface area contributed by atoms with Crippen LogP contribution < -0.4 is 11.1 Å². The molecule has 2 aromatic rings. The van der Waals surface area contributed by atoms with Crippen molar-refractivity contribution in [3.05, 3.63) is 28.2 Å². The molecule has 1 saturated heterocycles. The van der Waals surface area contributed by atoms with E-state index >= 15 is 0 Å². The van der Waals surface area contributed by atoms with Crippen molar-refractivity contribution in [3.8, 4) is 0 Å². The number of carbonyl (C=O) groups excluding carboxylic acids is 2. The molecule has 0 saturated carbocycles. The monoisotopic (exact) mass is 479 g/mol. The summed E-state index contributed by atoms with van der Waals surface area (Å²) in [5.41, 5.74) is 6.00. The Morgan fingerprint density at radius 2 is 2.25 bits per heavy atom. The number of carboxylic acids is 1. The van der Waals surface area contributed by atoms with Crippen LogP contribution in [0.3, 0.4) is 0 Å². The number of nitrogen functional groups attached to an aromatic ring is 1. The largest absolute Gasteiger partial charge is 0.477 e. The first kappa shape index (κ1) is 21.7. The number of aryl methyl sites for hydroxylation is 1. The number of β-lactam (4-membered cyclic amide) rings is 1. The van der Waals surface area contributed by atoms with Crippen molar-refractivity contribution in [2.24, 2.45) is 5.16 Å². The second-order valence-corrected chi connectivity index (χ2v) is 8.67. The Morgan fingerprint density at radius 1 is 1.47 bits per heavy atom. The molecule has 2 aromatic heterocycles. The first-order valence-corrected chi connectivity index (χ1v) is 11.0. The number of thiazole rings is 1. The van der Waals surface area contributed by atoms with Crippen LogP contribution in [-0.2, 0) is 25.8 Å². The zero-order valence-corrected chi connectivity index (χ0v) is 18.4. The number of nitrogens with one attached hydrogen (secondary N) is 1. The number of oxime groups is 1. The summed E-state index contributed by atoms with van der Waals surface area (Å²) in [5.74, 6) is -1.74. The number of amides is 2. The first-order valence-electron chi connectivity index (χ1n) is 9.08. The maximum Gasteiger partial charge on any atom is 0.352 e. The number of carbonyl (C=O) groups is 3. The van der Waals surface area contributed by atoms with Gasteiger partial charge in [0.2, 0.25) is 0 Å². The zero-order valence-electron chi connectivity index (χ0n) is 16.8. The van der Waals surface area contributed by atoms with E-state index in [1.165, 1.54) is 29.0 Å². The topological polar surface area (TPSA) is 191 Å². The molecule has 0 unspecified atom stereocenters. The molecule has 2 amide bonds. The minimum absolute atomic E-state index is 0.0822. The highest BCUT2D eigenvalue weighted by Crippen LogP contribution is 2.40. The second kappa shape index (κ2) is 8.54. The van der Waals surface area contributed by atoms with E-state index in [2.05, 4.69) is 30.9 Å². The lowest BCUT2D eigenvalue weighted by molar-refractivity contribution is -0.150. The van der Waals surface area contributed by atoms with Gasteiger partial charge in [-0.25, -0.2) is 9.78 Å². The van der Waals surface area contributed by atoms with Gasteiger partial charge in [0, 0.05) is 11.1 Å². The van der Waals surface area contributed by atoms with Crippen LogP contribution in [0, 0.1) is 6.92 Å². The van der Waals surface area contributed by atoms with Crippen LogP contribution in [0.1, 0.15) is 11.5 Å². The molecular weight excluding hydrogens is 462 g/mol. The predicted molar refractivity (Wildman–Crippen MR) is 112 cm³/mol. The fourth-order valence-electron chi connectivity index (χ4n) is 3.27. The van der Waals surface area contributed by atoms with E-state index in [-0.39, 0.29) is 28.8 Å². The van der Waals surface area contributed by atoms with Gasteiger partial charge < -0.3 is 21.0 Å². The molecule has 0 aliphatic carbocycles. The van der Waals surface area contributed by atoms with Gasteiger partial charge >= 0.3 is 5.97 Å². The molecule has 2 aliphatic rings. The number of hydrogen-bond acceptors (Lipinski definition) is 12. The molecule has 4 rings (SSSR count). The molecule has 0 aromatic carbocycles. The van der Waals surface area contributed by atoms with Crippen molar-refractivity contribution in [1.29, 1.82) is 0 Å². The SMILES string of the molecule is CO/N=C(\C(=O)N[C@H]1C(=O)N2C(C(=O)O)=C(Cn3nnc(C)n3)CS[C@@H]12)c1csc(N)n1. The number of rotatable bonds is 7. The molecule has 0 spiro atoms. The van der Waals surface area contributed by atoms with Crippen LogP contribution >= 0.6 is 23.1 Å². The van der Waals surface area contributed by atoms with Crippen LogP contribution in [0.4, 0.5) is 5.13 Å². The molecule has 16 heteroatoms. The van der Waals surface area contributed by atoms with Gasteiger partial charge in [0.25, 0.3) is 11.8 Å². The van der Waals surface area contributed by atoms with Gasteiger partial charge in [0.15, 0.2) is 16.7 Å². The lowest BCUT2D eigenvalue weighted by atomic mass is 10.0. The Hall–Kier alpha value is -3.53. The molecule has 168 valence electrons. The first-order chi connectivity index (χ1) is 15.3. The quantitative estimate of drug-likeness (QED) is 0.246. The zero-order chi connectivity index (χ0) is 23.0. The van der Waals surface area contributed by atoms with Gasteiger partial charge in [-0.1, -0.05) is 5.16 Å².